The molecular weight excluding hydrogens is 250 g/mol. The molecule has 3 nitrogen and oxygen atoms in total. The zero-order valence-electron chi connectivity index (χ0n) is 11.4. The summed E-state index contributed by atoms with van der Waals surface area (Å²) >= 11 is 0. The molecule has 0 unspecified atom stereocenters. The van der Waals surface area contributed by atoms with Gasteiger partial charge in [0.25, 0.3) is 0 Å². The van der Waals surface area contributed by atoms with Crippen LogP contribution in [-0.4, -0.2) is 5.97 Å². The third-order valence-corrected chi connectivity index (χ3v) is 3.07. The highest BCUT2D eigenvalue weighted by Gasteiger charge is 2.03. The zero-order valence-corrected chi connectivity index (χ0v) is 11.4. The van der Waals surface area contributed by atoms with Crippen molar-refractivity contribution in [2.24, 2.45) is 0 Å². The highest BCUT2D eigenvalue weighted by Crippen LogP contribution is 2.09. The fourth-order valence-electron chi connectivity index (χ4n) is 1.93. The molecule has 104 valence electrons. The molecule has 0 saturated heterocycles. The number of carbonyl (C=O) groups is 1. The zero-order chi connectivity index (χ0) is 14.2. The predicted molar refractivity (Wildman–Crippen MR) is 80.0 cm³/mol. The summed E-state index contributed by atoms with van der Waals surface area (Å²) in [6, 6.07) is 17.4. The number of nitrogens with two attached hydrogens (primary N) is 1. The monoisotopic (exact) mass is 269 g/mol. The van der Waals surface area contributed by atoms with Gasteiger partial charge in [0.05, 0.1) is 0 Å². The number of hydrogen-bond donors (Lipinski definition) is 1. The molecule has 3 heteroatoms. The quantitative estimate of drug-likeness (QED) is 0.646. The number of rotatable bonds is 6. The van der Waals surface area contributed by atoms with E-state index < -0.39 is 0 Å². The minimum Gasteiger partial charge on any atom is -0.461 e. The molecule has 0 spiro atoms. The van der Waals surface area contributed by atoms with Gasteiger partial charge in [-0.1, -0.05) is 42.5 Å². The van der Waals surface area contributed by atoms with Crippen molar-refractivity contribution in [1.82, 2.24) is 0 Å². The van der Waals surface area contributed by atoms with Gasteiger partial charge in [-0.2, -0.15) is 0 Å². The van der Waals surface area contributed by atoms with Crippen molar-refractivity contribution < 1.29 is 9.53 Å². The molecule has 0 aliphatic heterocycles. The second kappa shape index (κ2) is 7.34. The Morgan fingerprint density at radius 3 is 2.35 bits per heavy atom. The highest BCUT2D eigenvalue weighted by atomic mass is 16.5. The normalized spacial score (nSPS) is 10.2. The molecule has 2 rings (SSSR count). The van der Waals surface area contributed by atoms with E-state index >= 15 is 0 Å². The number of anilines is 1. The van der Waals surface area contributed by atoms with Gasteiger partial charge in [0.1, 0.15) is 6.61 Å². The van der Waals surface area contributed by atoms with E-state index in [1.54, 1.807) is 0 Å². The maximum atomic E-state index is 11.6. The summed E-state index contributed by atoms with van der Waals surface area (Å²) in [5, 5.41) is 0. The van der Waals surface area contributed by atoms with Gasteiger partial charge in [0.2, 0.25) is 0 Å². The maximum absolute atomic E-state index is 11.6. The van der Waals surface area contributed by atoms with Crippen LogP contribution in [0.3, 0.4) is 0 Å². The van der Waals surface area contributed by atoms with Crippen LogP contribution in [0.5, 0.6) is 0 Å². The lowest BCUT2D eigenvalue weighted by atomic mass is 10.1. The first-order valence-electron chi connectivity index (χ1n) is 6.78. The average Bonchev–Trinajstić information content (AvgIpc) is 2.48. The summed E-state index contributed by atoms with van der Waals surface area (Å²) in [4.78, 5) is 11.6. The number of nitrogen functional groups attached to an aromatic ring is 1. The molecule has 2 aromatic rings. The van der Waals surface area contributed by atoms with Gasteiger partial charge in [-0.25, -0.2) is 0 Å². The van der Waals surface area contributed by atoms with Gasteiger partial charge in [0, 0.05) is 12.1 Å². The van der Waals surface area contributed by atoms with Crippen LogP contribution in [0.4, 0.5) is 5.69 Å². The summed E-state index contributed by atoms with van der Waals surface area (Å²) in [5.74, 6) is -0.149. The summed E-state index contributed by atoms with van der Waals surface area (Å²) in [5.41, 5.74) is 8.59. The van der Waals surface area contributed by atoms with Crippen LogP contribution >= 0.6 is 0 Å². The van der Waals surface area contributed by atoms with Crippen LogP contribution in [0, 0.1) is 0 Å². The topological polar surface area (TPSA) is 52.3 Å². The van der Waals surface area contributed by atoms with Crippen LogP contribution in [0.15, 0.2) is 54.6 Å². The van der Waals surface area contributed by atoms with Gasteiger partial charge in [-0.15, -0.1) is 0 Å². The molecule has 2 N–H and O–H groups in total. The second-order valence-corrected chi connectivity index (χ2v) is 4.74. The third-order valence-electron chi connectivity index (χ3n) is 3.07. The maximum Gasteiger partial charge on any atom is 0.306 e. The van der Waals surface area contributed by atoms with Crippen molar-refractivity contribution in [3.8, 4) is 0 Å². The summed E-state index contributed by atoms with van der Waals surface area (Å²) in [6.45, 7) is 0.349. The predicted octanol–water partition coefficient (Wildman–Crippen LogP) is 3.33. The molecule has 2 aromatic carbocycles. The van der Waals surface area contributed by atoms with Crippen LogP contribution in [0.25, 0.3) is 0 Å². The molecule has 0 amide bonds. The molecule has 0 aliphatic rings. The number of aryl methyl sites for hydroxylation is 1. The van der Waals surface area contributed by atoms with Gasteiger partial charge in [-0.3, -0.25) is 4.79 Å². The lowest BCUT2D eigenvalue weighted by Gasteiger charge is -2.05. The lowest BCUT2D eigenvalue weighted by Crippen LogP contribution is -2.05. The van der Waals surface area contributed by atoms with Crippen LogP contribution in [0.2, 0.25) is 0 Å². The van der Waals surface area contributed by atoms with E-state index in [0.717, 1.165) is 24.1 Å². The van der Waals surface area contributed by atoms with Crippen LogP contribution < -0.4 is 5.73 Å². The fraction of sp³-hybridized carbons (Fsp3) is 0.235. The highest BCUT2D eigenvalue weighted by molar-refractivity contribution is 5.69. The van der Waals surface area contributed by atoms with E-state index in [1.807, 2.05) is 54.6 Å². The Kier molecular flexibility index (Phi) is 5.18. The Balaban J connectivity index is 1.66. The summed E-state index contributed by atoms with van der Waals surface area (Å²) < 4.78 is 5.23. The molecule has 0 atom stereocenters. The minimum absolute atomic E-state index is 0.149. The number of benzene rings is 2. The SMILES string of the molecule is Nc1ccc(CCCC(=O)OCc2ccccc2)cc1. The Bertz CT molecular complexity index is 535. The van der Waals surface area contributed by atoms with Crippen molar-refractivity contribution in [1.29, 1.82) is 0 Å². The van der Waals surface area contributed by atoms with Crippen molar-refractivity contribution >= 4 is 11.7 Å². The number of esters is 1. The third kappa shape index (κ3) is 4.76. The van der Waals surface area contributed by atoms with Gasteiger partial charge in [0.15, 0.2) is 0 Å². The van der Waals surface area contributed by atoms with Gasteiger partial charge in [-0.05, 0) is 36.1 Å². The fourth-order valence-corrected chi connectivity index (χ4v) is 1.93. The first-order chi connectivity index (χ1) is 9.74. The number of carbonyl (C=O) groups excluding carboxylic acids is 1. The number of ether oxygens (including phenoxy) is 1. The van der Waals surface area contributed by atoms with Crippen LogP contribution in [0.1, 0.15) is 24.0 Å². The Morgan fingerprint density at radius 1 is 0.950 bits per heavy atom. The lowest BCUT2D eigenvalue weighted by molar-refractivity contribution is -0.145. The van der Waals surface area contributed by atoms with Crippen molar-refractivity contribution in [3.63, 3.8) is 0 Å². The Hall–Kier alpha value is -2.29. The number of hydrogen-bond acceptors (Lipinski definition) is 3. The van der Waals surface area contributed by atoms with E-state index in [9.17, 15) is 4.79 Å². The largest absolute Gasteiger partial charge is 0.461 e. The van der Waals surface area contributed by atoms with E-state index in [1.165, 1.54) is 5.56 Å². The first-order valence-corrected chi connectivity index (χ1v) is 6.78. The van der Waals surface area contributed by atoms with E-state index in [2.05, 4.69) is 0 Å². The standard InChI is InChI=1S/C17H19NO2/c18-16-11-9-14(10-12-16)7-4-8-17(19)20-13-15-5-2-1-3-6-15/h1-3,5-6,9-12H,4,7-8,13,18H2. The van der Waals surface area contributed by atoms with Gasteiger partial charge < -0.3 is 10.5 Å². The molecule has 0 radical (unpaired) electrons. The molecule has 20 heavy (non-hydrogen) atoms. The van der Waals surface area contributed by atoms with Gasteiger partial charge >= 0.3 is 5.97 Å². The molecular formula is C17H19NO2. The first kappa shape index (κ1) is 14.1. The van der Waals surface area contributed by atoms with E-state index in [-0.39, 0.29) is 5.97 Å². The second-order valence-electron chi connectivity index (χ2n) is 4.74. The van der Waals surface area contributed by atoms with Crippen LogP contribution in [-0.2, 0) is 22.6 Å². The molecule has 0 bridgehead atoms. The molecule has 0 aromatic heterocycles. The molecule has 0 aliphatic carbocycles. The summed E-state index contributed by atoms with van der Waals surface area (Å²) in [6.07, 6.45) is 2.09. The van der Waals surface area contributed by atoms with Crippen molar-refractivity contribution in [2.75, 3.05) is 5.73 Å². The van der Waals surface area contributed by atoms with E-state index in [4.69, 9.17) is 10.5 Å². The van der Waals surface area contributed by atoms with Crippen molar-refractivity contribution in [2.45, 2.75) is 25.9 Å². The van der Waals surface area contributed by atoms with E-state index in [0.29, 0.717) is 13.0 Å². The van der Waals surface area contributed by atoms with Crippen molar-refractivity contribution in [3.05, 3.63) is 65.7 Å². The smallest absolute Gasteiger partial charge is 0.306 e. The minimum atomic E-state index is -0.149. The average molecular weight is 269 g/mol. The summed E-state index contributed by atoms with van der Waals surface area (Å²) in [7, 11) is 0. The molecule has 0 heterocycles. The molecule has 0 saturated carbocycles. The molecule has 0 fully saturated rings. The Labute approximate surface area is 119 Å². The Morgan fingerprint density at radius 2 is 1.65 bits per heavy atom.